The van der Waals surface area contributed by atoms with E-state index in [1.54, 1.807) is 24.5 Å². The van der Waals surface area contributed by atoms with Crippen molar-refractivity contribution in [2.45, 2.75) is 30.7 Å². The molecule has 0 bridgehead atoms. The van der Waals surface area contributed by atoms with Gasteiger partial charge in [-0.25, -0.2) is 8.42 Å². The molecule has 3 rings (SSSR count). The van der Waals surface area contributed by atoms with Gasteiger partial charge in [-0.15, -0.1) is 0 Å². The Labute approximate surface area is 159 Å². The van der Waals surface area contributed by atoms with Crippen molar-refractivity contribution < 1.29 is 17.9 Å². The van der Waals surface area contributed by atoms with Gasteiger partial charge in [0.15, 0.2) is 0 Å². The Kier molecular flexibility index (Phi) is 5.76. The Morgan fingerprint density at radius 2 is 2.00 bits per heavy atom. The Morgan fingerprint density at radius 3 is 2.63 bits per heavy atom. The second kappa shape index (κ2) is 8.06. The third-order valence-electron chi connectivity index (χ3n) is 4.64. The molecule has 1 unspecified atom stereocenters. The molecule has 1 atom stereocenters. The smallest absolute Gasteiger partial charge is 0.251 e. The fraction of sp³-hybridized carbons (Fsp3) is 0.368. The summed E-state index contributed by atoms with van der Waals surface area (Å²) in [4.78, 5) is 16.7. The Morgan fingerprint density at radius 1 is 1.26 bits per heavy atom. The fourth-order valence-electron chi connectivity index (χ4n) is 3.08. The summed E-state index contributed by atoms with van der Waals surface area (Å²) < 4.78 is 32.5. The van der Waals surface area contributed by atoms with Gasteiger partial charge in [-0.1, -0.05) is 6.07 Å². The predicted octanol–water partition coefficient (Wildman–Crippen LogP) is 2.37. The van der Waals surface area contributed by atoms with E-state index in [0.29, 0.717) is 13.1 Å². The second-order valence-corrected chi connectivity index (χ2v) is 8.36. The van der Waals surface area contributed by atoms with Crippen LogP contribution < -0.4 is 10.1 Å². The molecule has 0 spiro atoms. The highest BCUT2D eigenvalue weighted by Crippen LogP contribution is 2.30. The lowest BCUT2D eigenvalue weighted by molar-refractivity contribution is 0.0939. The fourth-order valence-corrected chi connectivity index (χ4v) is 4.78. The highest BCUT2D eigenvalue weighted by Gasteiger charge is 2.30. The summed E-state index contributed by atoms with van der Waals surface area (Å²) in [6.07, 6.45) is 5.02. The first-order chi connectivity index (χ1) is 12.9. The summed E-state index contributed by atoms with van der Waals surface area (Å²) in [5.41, 5.74) is 1.13. The lowest BCUT2D eigenvalue weighted by Crippen LogP contribution is -2.29. The number of benzene rings is 1. The van der Waals surface area contributed by atoms with E-state index in [0.717, 1.165) is 18.4 Å². The van der Waals surface area contributed by atoms with Gasteiger partial charge in [0, 0.05) is 31.0 Å². The zero-order valence-corrected chi connectivity index (χ0v) is 16.2. The average molecular weight is 389 g/mol. The summed E-state index contributed by atoms with van der Waals surface area (Å²) in [7, 11) is -2.28. The zero-order valence-electron chi connectivity index (χ0n) is 15.4. The molecule has 8 heteroatoms. The molecule has 7 nitrogen and oxygen atoms in total. The first-order valence-corrected chi connectivity index (χ1v) is 10.3. The molecule has 0 aliphatic carbocycles. The molecular formula is C19H23N3O4S. The van der Waals surface area contributed by atoms with Crippen LogP contribution in [0.15, 0.2) is 47.6 Å². The number of methoxy groups -OCH3 is 1. The van der Waals surface area contributed by atoms with E-state index in [2.05, 4.69) is 10.3 Å². The van der Waals surface area contributed by atoms with Gasteiger partial charge in [0.1, 0.15) is 10.6 Å². The molecule has 1 aliphatic heterocycles. The predicted molar refractivity (Wildman–Crippen MR) is 101 cm³/mol. The SMILES string of the molecule is COc1ccc(C(=O)NC(C)c2cccnc2)cc1S(=O)(=O)N1CCCC1. The van der Waals surface area contributed by atoms with Crippen LogP contribution in [0.4, 0.5) is 0 Å². The lowest BCUT2D eigenvalue weighted by Gasteiger charge is -2.19. The van der Waals surface area contributed by atoms with Crippen molar-refractivity contribution in [2.24, 2.45) is 0 Å². The quantitative estimate of drug-likeness (QED) is 0.819. The number of nitrogens with zero attached hydrogens (tertiary/aromatic N) is 2. The maximum absolute atomic E-state index is 12.9. The maximum atomic E-state index is 12.9. The molecule has 2 aromatic rings. The number of ether oxygens (including phenoxy) is 1. The first kappa shape index (κ1) is 19.3. The maximum Gasteiger partial charge on any atom is 0.251 e. The monoisotopic (exact) mass is 389 g/mol. The minimum Gasteiger partial charge on any atom is -0.495 e. The van der Waals surface area contributed by atoms with Gasteiger partial charge in [-0.3, -0.25) is 9.78 Å². The molecule has 0 saturated carbocycles. The van der Waals surface area contributed by atoms with Crippen molar-refractivity contribution in [1.82, 2.24) is 14.6 Å². The molecule has 1 aromatic heterocycles. The Balaban J connectivity index is 1.87. The number of pyridine rings is 1. The molecule has 1 saturated heterocycles. The molecule has 144 valence electrons. The molecule has 0 radical (unpaired) electrons. The summed E-state index contributed by atoms with van der Waals surface area (Å²) >= 11 is 0. The van der Waals surface area contributed by atoms with Crippen molar-refractivity contribution in [3.8, 4) is 5.75 Å². The summed E-state index contributed by atoms with van der Waals surface area (Å²) in [6.45, 7) is 2.82. The minimum atomic E-state index is -3.70. The van der Waals surface area contributed by atoms with Gasteiger partial charge in [0.2, 0.25) is 10.0 Å². The highest BCUT2D eigenvalue weighted by atomic mass is 32.2. The molecule has 1 N–H and O–H groups in total. The van der Waals surface area contributed by atoms with E-state index >= 15 is 0 Å². The molecule has 1 amide bonds. The van der Waals surface area contributed by atoms with Crippen LogP contribution in [0.5, 0.6) is 5.75 Å². The van der Waals surface area contributed by atoms with E-state index in [9.17, 15) is 13.2 Å². The number of amides is 1. The minimum absolute atomic E-state index is 0.0218. The van der Waals surface area contributed by atoms with E-state index in [4.69, 9.17) is 4.74 Å². The van der Waals surface area contributed by atoms with E-state index in [1.807, 2.05) is 13.0 Å². The van der Waals surface area contributed by atoms with Gasteiger partial charge < -0.3 is 10.1 Å². The number of sulfonamides is 1. The summed E-state index contributed by atoms with van der Waals surface area (Å²) in [5.74, 6) is -0.120. The number of hydrogen-bond donors (Lipinski definition) is 1. The molecular weight excluding hydrogens is 366 g/mol. The van der Waals surface area contributed by atoms with Gasteiger partial charge in [0.25, 0.3) is 5.91 Å². The topological polar surface area (TPSA) is 88.6 Å². The van der Waals surface area contributed by atoms with Crippen LogP contribution in [0.1, 0.15) is 41.7 Å². The number of rotatable bonds is 6. The Hall–Kier alpha value is -2.45. The third-order valence-corrected chi connectivity index (χ3v) is 6.56. The van der Waals surface area contributed by atoms with Crippen LogP contribution in [-0.2, 0) is 10.0 Å². The van der Waals surface area contributed by atoms with Crippen LogP contribution in [0.25, 0.3) is 0 Å². The van der Waals surface area contributed by atoms with Crippen LogP contribution >= 0.6 is 0 Å². The van der Waals surface area contributed by atoms with Crippen molar-refractivity contribution >= 4 is 15.9 Å². The normalized spacial score (nSPS) is 16.1. The standard InChI is InChI=1S/C19H23N3O4S/c1-14(16-6-5-9-20-13-16)21-19(23)15-7-8-17(26-2)18(12-15)27(24,25)22-10-3-4-11-22/h5-9,12-14H,3-4,10-11H2,1-2H3,(H,21,23). The number of carbonyl (C=O) groups excluding carboxylic acids is 1. The van der Waals surface area contributed by atoms with E-state index in [1.165, 1.54) is 23.5 Å². The van der Waals surface area contributed by atoms with Gasteiger partial charge in [0.05, 0.1) is 13.2 Å². The number of carbonyl (C=O) groups is 1. The van der Waals surface area contributed by atoms with Gasteiger partial charge in [-0.05, 0) is 49.6 Å². The van der Waals surface area contributed by atoms with Gasteiger partial charge >= 0.3 is 0 Å². The van der Waals surface area contributed by atoms with Crippen LogP contribution in [0, 0.1) is 0 Å². The van der Waals surface area contributed by atoms with E-state index in [-0.39, 0.29) is 28.2 Å². The third kappa shape index (κ3) is 4.12. The van der Waals surface area contributed by atoms with Gasteiger partial charge in [-0.2, -0.15) is 4.31 Å². The number of hydrogen-bond acceptors (Lipinski definition) is 5. The number of nitrogens with one attached hydrogen (secondary N) is 1. The second-order valence-electron chi connectivity index (χ2n) is 6.46. The van der Waals surface area contributed by atoms with Crippen molar-refractivity contribution in [3.63, 3.8) is 0 Å². The lowest BCUT2D eigenvalue weighted by atomic mass is 10.1. The van der Waals surface area contributed by atoms with Crippen molar-refractivity contribution in [2.75, 3.05) is 20.2 Å². The molecule has 2 heterocycles. The summed E-state index contributed by atoms with van der Waals surface area (Å²) in [5, 5.41) is 2.87. The van der Waals surface area contributed by atoms with Crippen LogP contribution in [0.2, 0.25) is 0 Å². The summed E-state index contributed by atoms with van der Waals surface area (Å²) in [6, 6.07) is 7.88. The molecule has 27 heavy (non-hydrogen) atoms. The first-order valence-electron chi connectivity index (χ1n) is 8.82. The highest BCUT2D eigenvalue weighted by molar-refractivity contribution is 7.89. The average Bonchev–Trinajstić information content (AvgIpc) is 3.23. The van der Waals surface area contributed by atoms with Crippen molar-refractivity contribution in [1.29, 1.82) is 0 Å². The molecule has 1 aliphatic rings. The van der Waals surface area contributed by atoms with Crippen LogP contribution in [0.3, 0.4) is 0 Å². The zero-order chi connectivity index (χ0) is 19.4. The molecule has 1 fully saturated rings. The van der Waals surface area contributed by atoms with Crippen molar-refractivity contribution in [3.05, 3.63) is 53.9 Å². The van der Waals surface area contributed by atoms with E-state index < -0.39 is 10.0 Å². The number of aromatic nitrogens is 1. The largest absolute Gasteiger partial charge is 0.495 e. The van der Waals surface area contributed by atoms with Crippen LogP contribution in [-0.4, -0.2) is 43.8 Å². The molecule has 1 aromatic carbocycles. The Bertz CT molecular complexity index is 910.